The fourth-order valence-corrected chi connectivity index (χ4v) is 4.63. The first-order valence-electron chi connectivity index (χ1n) is 12.0. The molecule has 1 aliphatic rings. The third-order valence-corrected chi connectivity index (χ3v) is 6.68. The first-order chi connectivity index (χ1) is 18.4. The number of nitrogens with one attached hydrogen (secondary N) is 1. The average Bonchev–Trinajstić information content (AvgIpc) is 3.25. The van der Waals surface area contributed by atoms with Crippen LogP contribution in [0.15, 0.2) is 65.7 Å². The second kappa shape index (κ2) is 10.6. The first-order valence-corrected chi connectivity index (χ1v) is 12.4. The number of amides is 1. The number of aliphatic hydroxyl groups excluding tert-OH is 1. The SMILES string of the molecule is COc1ccc2c(c1)C(c1ccc(Cl)cc1)=N[C@@H](CC(=O)NCc1ccc(O)c(CO)c1)c1nnc(C)n1-2. The Morgan fingerprint density at radius 2 is 1.89 bits per heavy atom. The van der Waals surface area contributed by atoms with Crippen molar-refractivity contribution >= 4 is 23.2 Å². The maximum Gasteiger partial charge on any atom is 0.222 e. The van der Waals surface area contributed by atoms with E-state index >= 15 is 0 Å². The average molecular weight is 532 g/mol. The molecule has 4 aromatic rings. The van der Waals surface area contributed by atoms with Crippen molar-refractivity contribution in [2.45, 2.75) is 32.5 Å². The van der Waals surface area contributed by atoms with Crippen molar-refractivity contribution in [3.05, 3.63) is 99.6 Å². The predicted molar refractivity (Wildman–Crippen MR) is 143 cm³/mol. The van der Waals surface area contributed by atoms with Gasteiger partial charge in [0, 0.05) is 28.3 Å². The van der Waals surface area contributed by atoms with Gasteiger partial charge in [0.1, 0.15) is 23.4 Å². The molecule has 38 heavy (non-hydrogen) atoms. The van der Waals surface area contributed by atoms with Crippen LogP contribution < -0.4 is 10.1 Å². The molecule has 0 bridgehead atoms. The Bertz CT molecular complexity index is 1530. The molecular weight excluding hydrogens is 506 g/mol. The minimum absolute atomic E-state index is 0.0102. The van der Waals surface area contributed by atoms with Crippen molar-refractivity contribution in [1.82, 2.24) is 20.1 Å². The molecule has 194 valence electrons. The second-order valence-electron chi connectivity index (χ2n) is 8.93. The number of hydrogen-bond donors (Lipinski definition) is 3. The summed E-state index contributed by atoms with van der Waals surface area (Å²) in [5, 5.41) is 31.4. The highest BCUT2D eigenvalue weighted by Crippen LogP contribution is 2.34. The van der Waals surface area contributed by atoms with E-state index in [0.717, 1.165) is 22.4 Å². The number of carbonyl (C=O) groups is 1. The van der Waals surface area contributed by atoms with Gasteiger partial charge in [-0.2, -0.15) is 0 Å². The van der Waals surface area contributed by atoms with Crippen molar-refractivity contribution in [3.63, 3.8) is 0 Å². The van der Waals surface area contributed by atoms with E-state index in [1.54, 1.807) is 31.4 Å². The molecule has 3 aromatic carbocycles. The summed E-state index contributed by atoms with van der Waals surface area (Å²) < 4.78 is 7.42. The van der Waals surface area contributed by atoms with Crippen molar-refractivity contribution in [3.8, 4) is 17.2 Å². The highest BCUT2D eigenvalue weighted by atomic mass is 35.5. The van der Waals surface area contributed by atoms with Crippen LogP contribution in [0.3, 0.4) is 0 Å². The van der Waals surface area contributed by atoms with Gasteiger partial charge in [-0.25, -0.2) is 0 Å². The topological polar surface area (TPSA) is 122 Å². The molecule has 0 radical (unpaired) electrons. The minimum Gasteiger partial charge on any atom is -0.508 e. The van der Waals surface area contributed by atoms with Gasteiger partial charge in [0.15, 0.2) is 5.82 Å². The van der Waals surface area contributed by atoms with E-state index in [9.17, 15) is 15.0 Å². The first kappa shape index (κ1) is 25.4. The van der Waals surface area contributed by atoms with Crippen LogP contribution in [0.5, 0.6) is 11.5 Å². The summed E-state index contributed by atoms with van der Waals surface area (Å²) in [6.07, 6.45) is 0.0330. The van der Waals surface area contributed by atoms with Crippen LogP contribution >= 0.6 is 11.6 Å². The summed E-state index contributed by atoms with van der Waals surface area (Å²) in [7, 11) is 1.61. The monoisotopic (exact) mass is 531 g/mol. The van der Waals surface area contributed by atoms with Crippen molar-refractivity contribution < 1.29 is 19.7 Å². The van der Waals surface area contributed by atoms with Crippen molar-refractivity contribution in [1.29, 1.82) is 0 Å². The fraction of sp³-hybridized carbons (Fsp3) is 0.214. The molecular formula is C28H26ClN5O4. The highest BCUT2D eigenvalue weighted by Gasteiger charge is 2.30. The number of aromatic nitrogens is 3. The van der Waals surface area contributed by atoms with Crippen LogP contribution in [-0.4, -0.2) is 43.7 Å². The number of hydrogen-bond acceptors (Lipinski definition) is 7. The molecule has 0 fully saturated rings. The van der Waals surface area contributed by atoms with Crippen LogP contribution in [0.4, 0.5) is 0 Å². The number of ether oxygens (including phenoxy) is 1. The summed E-state index contributed by atoms with van der Waals surface area (Å²) >= 11 is 6.15. The Hall–Kier alpha value is -4.21. The zero-order chi connectivity index (χ0) is 26.8. The number of aliphatic hydroxyl groups is 1. The maximum absolute atomic E-state index is 13.1. The van der Waals surface area contributed by atoms with Gasteiger partial charge >= 0.3 is 0 Å². The number of rotatable bonds is 7. The number of fused-ring (bicyclic) bond motifs is 3. The van der Waals surface area contributed by atoms with Crippen molar-refractivity contribution in [2.24, 2.45) is 4.99 Å². The maximum atomic E-state index is 13.1. The van der Waals surface area contributed by atoms with E-state index in [0.29, 0.717) is 33.7 Å². The lowest BCUT2D eigenvalue weighted by atomic mass is 10.00. The summed E-state index contributed by atoms with van der Waals surface area (Å²) in [5.41, 5.74) is 4.33. The summed E-state index contributed by atoms with van der Waals surface area (Å²) in [6, 6.07) is 17.3. The van der Waals surface area contributed by atoms with Gasteiger partial charge in [0.05, 0.1) is 31.5 Å². The molecule has 0 saturated heterocycles. The van der Waals surface area contributed by atoms with Gasteiger partial charge in [0.2, 0.25) is 5.91 Å². The lowest BCUT2D eigenvalue weighted by molar-refractivity contribution is -0.121. The molecule has 3 N–H and O–H groups in total. The zero-order valence-corrected chi connectivity index (χ0v) is 21.6. The van der Waals surface area contributed by atoms with Gasteiger partial charge in [0.25, 0.3) is 0 Å². The second-order valence-corrected chi connectivity index (χ2v) is 9.36. The van der Waals surface area contributed by atoms with Crippen LogP contribution in [0.1, 0.15) is 46.4 Å². The standard InChI is InChI=1S/C28H26ClN5O4/c1-16-32-33-28-23(13-26(37)30-14-17-3-10-25(36)19(11-17)15-35)31-27(18-4-6-20(29)7-5-18)22-12-21(38-2)8-9-24(22)34(16)28/h3-12,23,35-36H,13-15H2,1-2H3,(H,30,37)/t23-/m0/s1. The van der Waals surface area contributed by atoms with E-state index in [-0.39, 0.29) is 31.2 Å². The zero-order valence-electron chi connectivity index (χ0n) is 20.8. The van der Waals surface area contributed by atoms with Gasteiger partial charge < -0.3 is 20.3 Å². The lowest BCUT2D eigenvalue weighted by Gasteiger charge is -2.14. The molecule has 1 atom stereocenters. The summed E-state index contributed by atoms with van der Waals surface area (Å²) in [4.78, 5) is 18.2. The molecule has 0 unspecified atom stereocenters. The highest BCUT2D eigenvalue weighted by molar-refractivity contribution is 6.30. The number of halogens is 1. The van der Waals surface area contributed by atoms with Crippen LogP contribution in [0, 0.1) is 6.92 Å². The van der Waals surface area contributed by atoms with Gasteiger partial charge in [-0.15, -0.1) is 10.2 Å². The molecule has 5 rings (SSSR count). The minimum atomic E-state index is -0.618. The predicted octanol–water partition coefficient (Wildman–Crippen LogP) is 4.03. The smallest absolute Gasteiger partial charge is 0.222 e. The molecule has 0 saturated carbocycles. The molecule has 1 aliphatic heterocycles. The third kappa shape index (κ3) is 4.98. The number of phenols is 1. The molecule has 10 heteroatoms. The van der Waals surface area contributed by atoms with E-state index in [2.05, 4.69) is 15.5 Å². The Morgan fingerprint density at radius 3 is 2.63 bits per heavy atom. The molecule has 1 aromatic heterocycles. The number of methoxy groups -OCH3 is 1. The van der Waals surface area contributed by atoms with Gasteiger partial charge in [-0.05, 0) is 55.0 Å². The van der Waals surface area contributed by atoms with E-state index < -0.39 is 6.04 Å². The van der Waals surface area contributed by atoms with Crippen LogP contribution in [-0.2, 0) is 17.9 Å². The Balaban J connectivity index is 1.52. The lowest BCUT2D eigenvalue weighted by Crippen LogP contribution is -2.25. The largest absolute Gasteiger partial charge is 0.508 e. The number of aryl methyl sites for hydroxylation is 1. The number of aliphatic imine (C=N–C) groups is 1. The molecule has 1 amide bonds. The van der Waals surface area contributed by atoms with E-state index in [1.165, 1.54) is 6.07 Å². The Labute approximate surface area is 224 Å². The van der Waals surface area contributed by atoms with Crippen molar-refractivity contribution in [2.75, 3.05) is 7.11 Å². The molecule has 0 aliphatic carbocycles. The Kier molecular flexibility index (Phi) is 7.13. The molecule has 0 spiro atoms. The van der Waals surface area contributed by atoms with Gasteiger partial charge in [-0.1, -0.05) is 29.8 Å². The quantitative estimate of drug-likeness (QED) is 0.331. The van der Waals surface area contributed by atoms with E-state index in [4.69, 9.17) is 21.3 Å². The number of benzene rings is 3. The fourth-order valence-electron chi connectivity index (χ4n) is 4.50. The summed E-state index contributed by atoms with van der Waals surface area (Å²) in [5.74, 6) is 1.68. The third-order valence-electron chi connectivity index (χ3n) is 6.43. The molecule has 2 heterocycles. The summed E-state index contributed by atoms with van der Waals surface area (Å²) in [6.45, 7) is 1.80. The molecule has 9 nitrogen and oxygen atoms in total. The van der Waals surface area contributed by atoms with E-state index in [1.807, 2.05) is 41.8 Å². The number of nitrogens with zero attached hydrogens (tertiary/aromatic N) is 4. The number of carbonyl (C=O) groups excluding carboxylic acids is 1. The van der Waals surface area contributed by atoms with Crippen LogP contribution in [0.2, 0.25) is 5.02 Å². The van der Waals surface area contributed by atoms with Gasteiger partial charge in [-0.3, -0.25) is 14.4 Å². The Morgan fingerprint density at radius 1 is 1.11 bits per heavy atom. The number of aromatic hydroxyl groups is 1. The van der Waals surface area contributed by atoms with Crippen LogP contribution in [0.25, 0.3) is 5.69 Å². The normalized spacial score (nSPS) is 14.2.